The molecule has 132 valence electrons. The van der Waals surface area contributed by atoms with Crippen LogP contribution in [0.5, 0.6) is 0 Å². The van der Waals surface area contributed by atoms with Gasteiger partial charge in [0.05, 0.1) is 10.8 Å². The van der Waals surface area contributed by atoms with Crippen LogP contribution < -0.4 is 10.0 Å². The molecule has 0 radical (unpaired) electrons. The summed E-state index contributed by atoms with van der Waals surface area (Å²) in [6, 6.07) is 6.07. The quantitative estimate of drug-likeness (QED) is 0.850. The molecule has 24 heavy (non-hydrogen) atoms. The minimum Gasteiger partial charge on any atom is -0.345 e. The molecule has 1 heterocycles. The third-order valence-corrected chi connectivity index (χ3v) is 5.32. The number of likely N-dealkylation sites (tertiary alicyclic amines) is 1. The first-order chi connectivity index (χ1) is 11.0. The smallest absolute Gasteiger partial charge is 0.241 e. The summed E-state index contributed by atoms with van der Waals surface area (Å²) in [4.78, 5) is 25.3. The normalized spacial score (nSPS) is 18.8. The molecule has 0 aliphatic carbocycles. The Morgan fingerprint density at radius 2 is 1.96 bits per heavy atom. The molecule has 7 nitrogen and oxygen atoms in total. The summed E-state index contributed by atoms with van der Waals surface area (Å²) in [6.45, 7) is 5.63. The molecule has 0 aromatic heterocycles. The zero-order valence-electron chi connectivity index (χ0n) is 14.3. The van der Waals surface area contributed by atoms with Crippen LogP contribution >= 0.6 is 0 Å². The van der Waals surface area contributed by atoms with Gasteiger partial charge >= 0.3 is 0 Å². The molecule has 0 bridgehead atoms. The van der Waals surface area contributed by atoms with Crippen LogP contribution in [0.3, 0.4) is 0 Å². The SMILES string of the molecule is CN1C[C@@H](C(=O)Nc2cccc(S(=O)(=O)NC(C)(C)C)c2)CC1=O. The van der Waals surface area contributed by atoms with Crippen molar-refractivity contribution in [2.75, 3.05) is 18.9 Å². The van der Waals surface area contributed by atoms with E-state index < -0.39 is 21.5 Å². The standard InChI is InChI=1S/C16H23N3O4S/c1-16(2,3)18-24(22,23)13-7-5-6-12(9-13)17-15(21)11-8-14(20)19(4)10-11/h5-7,9,11,18H,8,10H2,1-4H3,(H,17,21)/t11-/m0/s1. The molecule has 1 aromatic carbocycles. The van der Waals surface area contributed by atoms with E-state index >= 15 is 0 Å². The topological polar surface area (TPSA) is 95.6 Å². The molecule has 1 aliphatic heterocycles. The molecule has 0 unspecified atom stereocenters. The molecular weight excluding hydrogens is 330 g/mol. The summed E-state index contributed by atoms with van der Waals surface area (Å²) in [5.41, 5.74) is -0.217. The van der Waals surface area contributed by atoms with Gasteiger partial charge in [0.2, 0.25) is 21.8 Å². The summed E-state index contributed by atoms with van der Waals surface area (Å²) in [5, 5.41) is 2.69. The van der Waals surface area contributed by atoms with Gasteiger partial charge in [0, 0.05) is 31.2 Å². The Labute approximate surface area is 142 Å². The predicted octanol–water partition coefficient (Wildman–Crippen LogP) is 1.18. The largest absolute Gasteiger partial charge is 0.345 e. The molecule has 1 aromatic rings. The van der Waals surface area contributed by atoms with Gasteiger partial charge < -0.3 is 10.2 Å². The molecule has 2 rings (SSSR count). The van der Waals surface area contributed by atoms with Crippen molar-refractivity contribution in [1.82, 2.24) is 9.62 Å². The van der Waals surface area contributed by atoms with E-state index in [1.807, 2.05) is 0 Å². The van der Waals surface area contributed by atoms with Gasteiger partial charge in [0.15, 0.2) is 0 Å². The van der Waals surface area contributed by atoms with Crippen LogP contribution in [-0.4, -0.2) is 44.3 Å². The molecule has 1 saturated heterocycles. The molecule has 1 aliphatic rings. The number of carbonyl (C=O) groups excluding carboxylic acids is 2. The van der Waals surface area contributed by atoms with Crippen molar-refractivity contribution < 1.29 is 18.0 Å². The summed E-state index contributed by atoms with van der Waals surface area (Å²) >= 11 is 0. The van der Waals surface area contributed by atoms with E-state index in [-0.39, 0.29) is 23.1 Å². The highest BCUT2D eigenvalue weighted by Gasteiger charge is 2.32. The van der Waals surface area contributed by atoms with E-state index in [2.05, 4.69) is 10.0 Å². The summed E-state index contributed by atoms with van der Waals surface area (Å²) in [6.07, 6.45) is 0.173. The van der Waals surface area contributed by atoms with Crippen LogP contribution in [0.25, 0.3) is 0 Å². The number of hydrogen-bond donors (Lipinski definition) is 2. The molecule has 1 atom stereocenters. The van der Waals surface area contributed by atoms with Crippen molar-refractivity contribution in [3.63, 3.8) is 0 Å². The second-order valence-electron chi connectivity index (χ2n) is 7.05. The number of rotatable bonds is 4. The number of anilines is 1. The van der Waals surface area contributed by atoms with Crippen LogP contribution in [0.4, 0.5) is 5.69 Å². The second kappa shape index (κ2) is 6.52. The predicted molar refractivity (Wildman–Crippen MR) is 90.9 cm³/mol. The van der Waals surface area contributed by atoms with Crippen LogP contribution in [0, 0.1) is 5.92 Å². The Balaban J connectivity index is 2.13. The van der Waals surface area contributed by atoms with Crippen LogP contribution in [0.2, 0.25) is 0 Å². The number of carbonyl (C=O) groups is 2. The van der Waals surface area contributed by atoms with Gasteiger partial charge in [-0.05, 0) is 39.0 Å². The van der Waals surface area contributed by atoms with Gasteiger partial charge in [0.25, 0.3) is 0 Å². The zero-order valence-corrected chi connectivity index (χ0v) is 15.1. The number of nitrogens with one attached hydrogen (secondary N) is 2. The molecule has 0 saturated carbocycles. The van der Waals surface area contributed by atoms with Crippen LogP contribution in [0.15, 0.2) is 29.2 Å². The van der Waals surface area contributed by atoms with Gasteiger partial charge in [0.1, 0.15) is 0 Å². The first-order valence-electron chi connectivity index (χ1n) is 7.67. The first-order valence-corrected chi connectivity index (χ1v) is 9.15. The van der Waals surface area contributed by atoms with E-state index in [0.29, 0.717) is 12.2 Å². The average molecular weight is 353 g/mol. The van der Waals surface area contributed by atoms with Gasteiger partial charge in [-0.3, -0.25) is 9.59 Å². The highest BCUT2D eigenvalue weighted by Crippen LogP contribution is 2.21. The third kappa shape index (κ3) is 4.55. The van der Waals surface area contributed by atoms with Crippen molar-refractivity contribution in [2.24, 2.45) is 5.92 Å². The van der Waals surface area contributed by atoms with Crippen molar-refractivity contribution in [3.05, 3.63) is 24.3 Å². The summed E-state index contributed by atoms with van der Waals surface area (Å²) < 4.78 is 27.3. The maximum absolute atomic E-state index is 12.4. The van der Waals surface area contributed by atoms with E-state index in [1.165, 1.54) is 17.0 Å². The highest BCUT2D eigenvalue weighted by atomic mass is 32.2. The molecule has 1 fully saturated rings. The van der Waals surface area contributed by atoms with E-state index in [1.54, 1.807) is 40.0 Å². The number of sulfonamides is 1. The lowest BCUT2D eigenvalue weighted by molar-refractivity contribution is -0.127. The van der Waals surface area contributed by atoms with Gasteiger partial charge in [-0.1, -0.05) is 6.07 Å². The monoisotopic (exact) mass is 353 g/mol. The summed E-state index contributed by atoms with van der Waals surface area (Å²) in [5.74, 6) is -0.776. The minimum atomic E-state index is -3.68. The van der Waals surface area contributed by atoms with Crippen LogP contribution in [-0.2, 0) is 19.6 Å². The van der Waals surface area contributed by atoms with Crippen LogP contribution in [0.1, 0.15) is 27.2 Å². The van der Waals surface area contributed by atoms with Crippen molar-refractivity contribution >= 4 is 27.5 Å². The third-order valence-electron chi connectivity index (χ3n) is 3.56. The Hall–Kier alpha value is -1.93. The average Bonchev–Trinajstić information content (AvgIpc) is 2.76. The lowest BCUT2D eigenvalue weighted by Crippen LogP contribution is -2.40. The Kier molecular flexibility index (Phi) is 5.00. The fourth-order valence-electron chi connectivity index (χ4n) is 2.49. The molecule has 2 N–H and O–H groups in total. The van der Waals surface area contributed by atoms with Gasteiger partial charge in [-0.2, -0.15) is 0 Å². The lowest BCUT2D eigenvalue weighted by atomic mass is 10.1. The maximum Gasteiger partial charge on any atom is 0.241 e. The summed E-state index contributed by atoms with van der Waals surface area (Å²) in [7, 11) is -2.02. The van der Waals surface area contributed by atoms with E-state index in [4.69, 9.17) is 0 Å². The molecule has 0 spiro atoms. The number of hydrogen-bond acceptors (Lipinski definition) is 4. The zero-order chi connectivity index (χ0) is 18.1. The maximum atomic E-state index is 12.4. The number of amides is 2. The first kappa shape index (κ1) is 18.4. The minimum absolute atomic E-state index is 0.0687. The van der Waals surface area contributed by atoms with Gasteiger partial charge in [-0.25, -0.2) is 13.1 Å². The van der Waals surface area contributed by atoms with Crippen molar-refractivity contribution in [3.8, 4) is 0 Å². The fraction of sp³-hybridized carbons (Fsp3) is 0.500. The second-order valence-corrected chi connectivity index (χ2v) is 8.73. The number of nitrogens with zero attached hydrogens (tertiary/aromatic N) is 1. The van der Waals surface area contributed by atoms with E-state index in [9.17, 15) is 18.0 Å². The number of benzene rings is 1. The van der Waals surface area contributed by atoms with E-state index in [0.717, 1.165) is 0 Å². The van der Waals surface area contributed by atoms with Gasteiger partial charge in [-0.15, -0.1) is 0 Å². The Morgan fingerprint density at radius 1 is 1.29 bits per heavy atom. The van der Waals surface area contributed by atoms with Crippen molar-refractivity contribution in [2.45, 2.75) is 37.6 Å². The fourth-order valence-corrected chi connectivity index (χ4v) is 3.95. The molecule has 2 amide bonds. The molecular formula is C16H23N3O4S. The molecule has 8 heteroatoms. The Morgan fingerprint density at radius 3 is 2.50 bits per heavy atom. The van der Waals surface area contributed by atoms with Crippen molar-refractivity contribution in [1.29, 1.82) is 0 Å². The lowest BCUT2D eigenvalue weighted by Gasteiger charge is -2.20. The highest BCUT2D eigenvalue weighted by molar-refractivity contribution is 7.89. The Bertz CT molecular complexity index is 753.